The number of piperidine rings is 1. The Balaban J connectivity index is 1.74. The molecule has 0 spiro atoms. The second-order valence-corrected chi connectivity index (χ2v) is 6.37. The molecule has 3 aromatic rings. The molecule has 0 radical (unpaired) electrons. The lowest BCUT2D eigenvalue weighted by atomic mass is 10.1. The number of fused-ring (bicyclic) bond motifs is 1. The molecule has 1 fully saturated rings. The number of nitrogens with one attached hydrogen (secondary N) is 2. The Morgan fingerprint density at radius 1 is 1.18 bits per heavy atom. The van der Waals surface area contributed by atoms with E-state index in [1.54, 1.807) is 23.7 Å². The van der Waals surface area contributed by atoms with Gasteiger partial charge in [0, 0.05) is 30.5 Å². The van der Waals surface area contributed by atoms with Gasteiger partial charge in [0.25, 0.3) is 0 Å². The maximum absolute atomic E-state index is 4.77. The summed E-state index contributed by atoms with van der Waals surface area (Å²) in [4.78, 5) is 13.5. The molecule has 3 aromatic heterocycles. The number of thiophene rings is 1. The minimum atomic E-state index is 0.430. The second-order valence-electron chi connectivity index (χ2n) is 5.45. The maximum Gasteiger partial charge on any atom is 0.162 e. The maximum atomic E-state index is 4.77. The fourth-order valence-electron chi connectivity index (χ4n) is 2.76. The van der Waals surface area contributed by atoms with Gasteiger partial charge in [0.05, 0.1) is 10.2 Å². The molecule has 112 valence electrons. The first-order valence-electron chi connectivity index (χ1n) is 7.53. The van der Waals surface area contributed by atoms with Gasteiger partial charge in [0.2, 0.25) is 0 Å². The molecule has 5 nitrogen and oxygen atoms in total. The zero-order valence-electron chi connectivity index (χ0n) is 12.1. The Labute approximate surface area is 132 Å². The van der Waals surface area contributed by atoms with Crippen molar-refractivity contribution < 1.29 is 0 Å². The van der Waals surface area contributed by atoms with Crippen LogP contribution in [0.4, 0.5) is 5.82 Å². The van der Waals surface area contributed by atoms with Crippen LogP contribution in [0.2, 0.25) is 0 Å². The van der Waals surface area contributed by atoms with Gasteiger partial charge in [-0.15, -0.1) is 11.3 Å². The van der Waals surface area contributed by atoms with E-state index in [0.29, 0.717) is 6.04 Å². The topological polar surface area (TPSA) is 62.7 Å². The van der Waals surface area contributed by atoms with Crippen LogP contribution in [0.25, 0.3) is 21.6 Å². The molecule has 0 amide bonds. The summed E-state index contributed by atoms with van der Waals surface area (Å²) >= 11 is 1.69. The van der Waals surface area contributed by atoms with E-state index in [4.69, 9.17) is 4.98 Å². The Hall–Kier alpha value is -2.05. The van der Waals surface area contributed by atoms with Gasteiger partial charge >= 0.3 is 0 Å². The first-order chi connectivity index (χ1) is 10.9. The number of anilines is 1. The van der Waals surface area contributed by atoms with Crippen molar-refractivity contribution in [3.63, 3.8) is 0 Å². The van der Waals surface area contributed by atoms with Crippen LogP contribution in [0.1, 0.15) is 12.8 Å². The summed E-state index contributed by atoms with van der Waals surface area (Å²) < 4.78 is 1.13. The molecule has 1 aliphatic heterocycles. The standard InChI is InChI=1S/C16H17N5S/c1-2-12(10-18-6-1)19-16-14-13(5-9-22-14)20-15(21-16)11-3-7-17-8-4-11/h3-5,7-9,12,18H,1-2,6,10H2,(H,19,20,21). The van der Waals surface area contributed by atoms with E-state index in [9.17, 15) is 0 Å². The summed E-state index contributed by atoms with van der Waals surface area (Å²) in [5.41, 5.74) is 1.99. The lowest BCUT2D eigenvalue weighted by molar-refractivity contribution is 0.479. The summed E-state index contributed by atoms with van der Waals surface area (Å²) in [6.07, 6.45) is 5.92. The normalized spacial score (nSPS) is 18.5. The molecule has 1 atom stereocenters. The molecule has 4 heterocycles. The molecule has 0 aliphatic carbocycles. The van der Waals surface area contributed by atoms with Gasteiger partial charge in [-0.3, -0.25) is 4.98 Å². The fraction of sp³-hybridized carbons (Fsp3) is 0.312. The van der Waals surface area contributed by atoms with Gasteiger partial charge in [0.15, 0.2) is 5.82 Å². The molecule has 4 rings (SSSR count). The highest BCUT2D eigenvalue weighted by Gasteiger charge is 2.16. The highest BCUT2D eigenvalue weighted by molar-refractivity contribution is 7.17. The number of rotatable bonds is 3. The molecule has 22 heavy (non-hydrogen) atoms. The van der Waals surface area contributed by atoms with Gasteiger partial charge in [-0.1, -0.05) is 0 Å². The first kappa shape index (κ1) is 13.6. The third-order valence-corrected chi connectivity index (χ3v) is 4.79. The predicted molar refractivity (Wildman–Crippen MR) is 90.2 cm³/mol. The third kappa shape index (κ3) is 2.67. The van der Waals surface area contributed by atoms with E-state index in [-0.39, 0.29) is 0 Å². The monoisotopic (exact) mass is 311 g/mol. The Bertz CT molecular complexity index is 765. The molecule has 1 unspecified atom stereocenters. The summed E-state index contributed by atoms with van der Waals surface area (Å²) in [6.45, 7) is 2.10. The summed E-state index contributed by atoms with van der Waals surface area (Å²) in [7, 11) is 0. The van der Waals surface area contributed by atoms with Crippen molar-refractivity contribution in [2.75, 3.05) is 18.4 Å². The van der Waals surface area contributed by atoms with Crippen LogP contribution in [-0.2, 0) is 0 Å². The van der Waals surface area contributed by atoms with Gasteiger partial charge in [-0.2, -0.15) is 0 Å². The van der Waals surface area contributed by atoms with Crippen LogP contribution < -0.4 is 10.6 Å². The number of nitrogens with zero attached hydrogens (tertiary/aromatic N) is 3. The Kier molecular flexibility index (Phi) is 3.70. The molecule has 1 aliphatic rings. The minimum Gasteiger partial charge on any atom is -0.365 e. The van der Waals surface area contributed by atoms with Crippen LogP contribution in [-0.4, -0.2) is 34.1 Å². The predicted octanol–water partition coefficient (Wildman–Crippen LogP) is 2.92. The van der Waals surface area contributed by atoms with E-state index in [1.165, 1.54) is 12.8 Å². The van der Waals surface area contributed by atoms with E-state index >= 15 is 0 Å². The SMILES string of the molecule is c1cc(-c2nc(NC3CCCNC3)c3sccc3n2)ccn1. The third-order valence-electron chi connectivity index (χ3n) is 3.88. The molecule has 0 bridgehead atoms. The van der Waals surface area contributed by atoms with Crippen LogP contribution in [0.15, 0.2) is 36.0 Å². The smallest absolute Gasteiger partial charge is 0.162 e. The average Bonchev–Trinajstić information content (AvgIpc) is 3.05. The minimum absolute atomic E-state index is 0.430. The summed E-state index contributed by atoms with van der Waals surface area (Å²) in [5.74, 6) is 1.69. The zero-order valence-corrected chi connectivity index (χ0v) is 12.9. The zero-order chi connectivity index (χ0) is 14.8. The lowest BCUT2D eigenvalue weighted by Gasteiger charge is -2.24. The van der Waals surface area contributed by atoms with Crippen molar-refractivity contribution in [1.29, 1.82) is 0 Å². The molecule has 0 aromatic carbocycles. The fourth-order valence-corrected chi connectivity index (χ4v) is 3.54. The van der Waals surface area contributed by atoms with Crippen molar-refractivity contribution in [2.45, 2.75) is 18.9 Å². The number of pyridine rings is 1. The highest BCUT2D eigenvalue weighted by Crippen LogP contribution is 2.29. The van der Waals surface area contributed by atoms with E-state index in [0.717, 1.165) is 40.5 Å². The second kappa shape index (κ2) is 5.98. The van der Waals surface area contributed by atoms with Crippen LogP contribution >= 0.6 is 11.3 Å². The van der Waals surface area contributed by atoms with E-state index < -0.39 is 0 Å². The molecule has 6 heteroatoms. The van der Waals surface area contributed by atoms with Gasteiger partial charge in [-0.05, 0) is 43.0 Å². The van der Waals surface area contributed by atoms with Gasteiger partial charge in [-0.25, -0.2) is 9.97 Å². The van der Waals surface area contributed by atoms with E-state index in [1.807, 2.05) is 12.1 Å². The molecule has 0 saturated carbocycles. The van der Waals surface area contributed by atoms with Crippen molar-refractivity contribution in [3.8, 4) is 11.4 Å². The average molecular weight is 311 g/mol. The van der Waals surface area contributed by atoms with E-state index in [2.05, 4.69) is 32.0 Å². The summed E-state index contributed by atoms with van der Waals surface area (Å²) in [5, 5.41) is 9.10. The van der Waals surface area contributed by atoms with Crippen molar-refractivity contribution >= 4 is 27.4 Å². The largest absolute Gasteiger partial charge is 0.365 e. The van der Waals surface area contributed by atoms with Crippen molar-refractivity contribution in [1.82, 2.24) is 20.3 Å². The van der Waals surface area contributed by atoms with Crippen molar-refractivity contribution in [2.24, 2.45) is 0 Å². The van der Waals surface area contributed by atoms with Crippen LogP contribution in [0.3, 0.4) is 0 Å². The van der Waals surface area contributed by atoms with Crippen LogP contribution in [0, 0.1) is 0 Å². The Morgan fingerprint density at radius 3 is 2.91 bits per heavy atom. The lowest BCUT2D eigenvalue weighted by Crippen LogP contribution is -2.38. The Morgan fingerprint density at radius 2 is 2.09 bits per heavy atom. The number of aromatic nitrogens is 3. The first-order valence-corrected chi connectivity index (χ1v) is 8.41. The van der Waals surface area contributed by atoms with Gasteiger partial charge < -0.3 is 10.6 Å². The quantitative estimate of drug-likeness (QED) is 0.779. The summed E-state index contributed by atoms with van der Waals surface area (Å²) in [6, 6.07) is 6.37. The molecular formula is C16H17N5S. The van der Waals surface area contributed by atoms with Gasteiger partial charge in [0.1, 0.15) is 5.82 Å². The highest BCUT2D eigenvalue weighted by atomic mass is 32.1. The van der Waals surface area contributed by atoms with Crippen molar-refractivity contribution in [3.05, 3.63) is 36.0 Å². The number of hydrogen-bond acceptors (Lipinski definition) is 6. The molecular weight excluding hydrogens is 294 g/mol. The number of hydrogen-bond donors (Lipinski definition) is 2. The van der Waals surface area contributed by atoms with Crippen LogP contribution in [0.5, 0.6) is 0 Å². The molecule has 2 N–H and O–H groups in total. The molecule has 1 saturated heterocycles.